The Labute approximate surface area is 93.6 Å². The third-order valence-corrected chi connectivity index (χ3v) is 5.15. The Morgan fingerprint density at radius 2 is 2.07 bits per heavy atom. The summed E-state index contributed by atoms with van der Waals surface area (Å²) in [4.78, 5) is 0. The Bertz CT molecular complexity index is 298. The zero-order valence-corrected chi connectivity index (χ0v) is 10.9. The van der Waals surface area contributed by atoms with Gasteiger partial charge in [0.05, 0.1) is 11.5 Å². The van der Waals surface area contributed by atoms with Crippen LogP contribution >= 0.6 is 0 Å². The summed E-state index contributed by atoms with van der Waals surface area (Å²) < 4.78 is 22.9. The lowest BCUT2D eigenvalue weighted by molar-refractivity contribution is 0.296. The largest absolute Gasteiger partial charge is 0.316 e. The second-order valence-corrected chi connectivity index (χ2v) is 7.40. The number of sulfone groups is 1. The van der Waals surface area contributed by atoms with E-state index in [1.165, 1.54) is 0 Å². The first-order chi connectivity index (χ1) is 6.89. The van der Waals surface area contributed by atoms with Crippen molar-refractivity contribution in [3.63, 3.8) is 0 Å². The van der Waals surface area contributed by atoms with Gasteiger partial charge in [-0.15, -0.1) is 0 Å². The molecular weight excluding hydrogens is 210 g/mol. The highest BCUT2D eigenvalue weighted by atomic mass is 32.2. The average molecular weight is 233 g/mol. The summed E-state index contributed by atoms with van der Waals surface area (Å²) in [6, 6.07) is 0. The number of rotatable bonds is 5. The quantitative estimate of drug-likeness (QED) is 0.782. The summed E-state index contributed by atoms with van der Waals surface area (Å²) in [7, 11) is -2.76. The molecule has 1 atom stereocenters. The first-order valence-corrected chi connectivity index (χ1v) is 7.62. The molecule has 1 fully saturated rings. The first-order valence-electron chi connectivity index (χ1n) is 5.80. The highest BCUT2D eigenvalue weighted by Gasteiger charge is 2.40. The van der Waals surface area contributed by atoms with E-state index in [2.05, 4.69) is 26.1 Å². The fourth-order valence-corrected chi connectivity index (χ4v) is 4.42. The molecule has 4 heteroatoms. The molecule has 0 bridgehead atoms. The van der Waals surface area contributed by atoms with Crippen LogP contribution in [0.3, 0.4) is 0 Å². The molecule has 0 aromatic carbocycles. The third-order valence-electron chi connectivity index (χ3n) is 3.27. The van der Waals surface area contributed by atoms with E-state index < -0.39 is 9.84 Å². The molecule has 0 amide bonds. The van der Waals surface area contributed by atoms with Crippen LogP contribution in [0.25, 0.3) is 0 Å². The molecule has 0 saturated carbocycles. The number of hydrogen-bond acceptors (Lipinski definition) is 3. The SMILES string of the molecule is CCC1(CNCC(C)C)CCS(=O)(=O)C1. The molecule has 0 radical (unpaired) electrons. The van der Waals surface area contributed by atoms with Gasteiger partial charge in [0.25, 0.3) is 0 Å². The topological polar surface area (TPSA) is 46.2 Å². The van der Waals surface area contributed by atoms with Crippen LogP contribution in [0.1, 0.15) is 33.6 Å². The van der Waals surface area contributed by atoms with Gasteiger partial charge in [-0.1, -0.05) is 20.8 Å². The van der Waals surface area contributed by atoms with Crippen molar-refractivity contribution in [2.24, 2.45) is 11.3 Å². The summed E-state index contributed by atoms with van der Waals surface area (Å²) in [5.74, 6) is 1.38. The fraction of sp³-hybridized carbons (Fsp3) is 1.00. The molecule has 1 aliphatic rings. The molecule has 1 heterocycles. The van der Waals surface area contributed by atoms with E-state index in [1.807, 2.05) is 0 Å². The lowest BCUT2D eigenvalue weighted by atomic mass is 9.84. The lowest BCUT2D eigenvalue weighted by Gasteiger charge is -2.26. The summed E-state index contributed by atoms with van der Waals surface area (Å²) in [6.07, 6.45) is 1.79. The molecule has 1 saturated heterocycles. The lowest BCUT2D eigenvalue weighted by Crippen LogP contribution is -2.36. The van der Waals surface area contributed by atoms with Crippen molar-refractivity contribution in [1.82, 2.24) is 5.32 Å². The molecule has 0 spiro atoms. The zero-order valence-electron chi connectivity index (χ0n) is 10.0. The monoisotopic (exact) mass is 233 g/mol. The van der Waals surface area contributed by atoms with Crippen LogP contribution in [0.5, 0.6) is 0 Å². The zero-order chi connectivity index (χ0) is 11.5. The van der Waals surface area contributed by atoms with E-state index in [0.29, 0.717) is 17.4 Å². The Morgan fingerprint density at radius 3 is 2.47 bits per heavy atom. The molecular formula is C11H23NO2S. The van der Waals surface area contributed by atoms with Crippen LogP contribution in [-0.2, 0) is 9.84 Å². The summed E-state index contributed by atoms with van der Waals surface area (Å²) >= 11 is 0. The molecule has 0 aromatic rings. The maximum atomic E-state index is 11.5. The van der Waals surface area contributed by atoms with Gasteiger partial charge in [0.2, 0.25) is 0 Å². The predicted molar refractivity (Wildman–Crippen MR) is 63.7 cm³/mol. The van der Waals surface area contributed by atoms with Crippen LogP contribution in [0, 0.1) is 11.3 Å². The fourth-order valence-electron chi connectivity index (χ4n) is 2.15. The molecule has 0 aromatic heterocycles. The predicted octanol–water partition coefficient (Wildman–Crippen LogP) is 1.45. The van der Waals surface area contributed by atoms with Gasteiger partial charge >= 0.3 is 0 Å². The molecule has 1 rings (SSSR count). The number of nitrogens with one attached hydrogen (secondary N) is 1. The molecule has 1 aliphatic heterocycles. The van der Waals surface area contributed by atoms with Gasteiger partial charge in [-0.05, 0) is 30.7 Å². The Balaban J connectivity index is 2.49. The van der Waals surface area contributed by atoms with Gasteiger partial charge in [0.1, 0.15) is 0 Å². The van der Waals surface area contributed by atoms with Crippen LogP contribution < -0.4 is 5.32 Å². The summed E-state index contributed by atoms with van der Waals surface area (Å²) in [5.41, 5.74) is 0.00766. The number of hydrogen-bond donors (Lipinski definition) is 1. The minimum absolute atomic E-state index is 0.00766. The average Bonchev–Trinajstić information content (AvgIpc) is 2.42. The standard InChI is InChI=1S/C11H23NO2S/c1-4-11(8-12-7-10(2)3)5-6-15(13,14)9-11/h10,12H,4-9H2,1-3H3. The maximum absolute atomic E-state index is 11.5. The van der Waals surface area contributed by atoms with Crippen LogP contribution in [0.4, 0.5) is 0 Å². The highest BCUT2D eigenvalue weighted by Crippen LogP contribution is 2.34. The van der Waals surface area contributed by atoms with Gasteiger partial charge in [0, 0.05) is 6.54 Å². The smallest absolute Gasteiger partial charge is 0.150 e. The molecule has 1 unspecified atom stereocenters. The van der Waals surface area contributed by atoms with E-state index in [4.69, 9.17) is 0 Å². The van der Waals surface area contributed by atoms with E-state index in [1.54, 1.807) is 0 Å². The van der Waals surface area contributed by atoms with Crippen molar-refractivity contribution in [1.29, 1.82) is 0 Å². The van der Waals surface area contributed by atoms with E-state index in [0.717, 1.165) is 25.9 Å². The molecule has 3 nitrogen and oxygen atoms in total. The van der Waals surface area contributed by atoms with Gasteiger partial charge in [-0.25, -0.2) is 8.42 Å². The Kier molecular flexibility index (Phi) is 4.18. The van der Waals surface area contributed by atoms with Gasteiger partial charge in [-0.2, -0.15) is 0 Å². The second-order valence-electron chi connectivity index (χ2n) is 5.22. The Hall–Kier alpha value is -0.0900. The van der Waals surface area contributed by atoms with Gasteiger partial charge < -0.3 is 5.32 Å². The van der Waals surface area contributed by atoms with Crippen LogP contribution in [0.2, 0.25) is 0 Å². The molecule has 15 heavy (non-hydrogen) atoms. The molecule has 90 valence electrons. The summed E-state index contributed by atoms with van der Waals surface area (Å²) in [5, 5.41) is 3.39. The van der Waals surface area contributed by atoms with Crippen LogP contribution in [0.15, 0.2) is 0 Å². The van der Waals surface area contributed by atoms with Crippen molar-refractivity contribution in [2.75, 3.05) is 24.6 Å². The normalized spacial score (nSPS) is 29.9. The molecule has 1 N–H and O–H groups in total. The minimum Gasteiger partial charge on any atom is -0.316 e. The minimum atomic E-state index is -2.76. The molecule has 0 aliphatic carbocycles. The van der Waals surface area contributed by atoms with Crippen molar-refractivity contribution in [3.05, 3.63) is 0 Å². The third kappa shape index (κ3) is 3.76. The highest BCUT2D eigenvalue weighted by molar-refractivity contribution is 7.91. The van der Waals surface area contributed by atoms with Crippen molar-refractivity contribution in [2.45, 2.75) is 33.6 Å². The van der Waals surface area contributed by atoms with Gasteiger partial charge in [-0.3, -0.25) is 0 Å². The van der Waals surface area contributed by atoms with E-state index in [9.17, 15) is 8.42 Å². The van der Waals surface area contributed by atoms with Crippen molar-refractivity contribution < 1.29 is 8.42 Å². The van der Waals surface area contributed by atoms with Crippen molar-refractivity contribution in [3.8, 4) is 0 Å². The van der Waals surface area contributed by atoms with Crippen molar-refractivity contribution >= 4 is 9.84 Å². The second kappa shape index (κ2) is 4.83. The van der Waals surface area contributed by atoms with Crippen LogP contribution in [-0.4, -0.2) is 33.0 Å². The first kappa shape index (κ1) is 13.0. The van der Waals surface area contributed by atoms with E-state index in [-0.39, 0.29) is 5.41 Å². The summed E-state index contributed by atoms with van der Waals surface area (Å²) in [6.45, 7) is 8.24. The van der Waals surface area contributed by atoms with E-state index >= 15 is 0 Å². The van der Waals surface area contributed by atoms with Gasteiger partial charge in [0.15, 0.2) is 9.84 Å². The maximum Gasteiger partial charge on any atom is 0.150 e. The Morgan fingerprint density at radius 1 is 1.40 bits per heavy atom.